The highest BCUT2D eigenvalue weighted by molar-refractivity contribution is 5.36. The number of rotatable bonds is 4. The lowest BCUT2D eigenvalue weighted by Gasteiger charge is -2.40. The van der Waals surface area contributed by atoms with Gasteiger partial charge in [-0.2, -0.15) is 0 Å². The number of ether oxygens (including phenoxy) is 1. The molecule has 152 valence electrons. The van der Waals surface area contributed by atoms with Crippen LogP contribution >= 0.6 is 0 Å². The lowest BCUT2D eigenvalue weighted by molar-refractivity contribution is -0.0629. The minimum absolute atomic E-state index is 0.189. The van der Waals surface area contributed by atoms with Crippen LogP contribution in [0.3, 0.4) is 0 Å². The molecule has 5 heteroatoms. The summed E-state index contributed by atoms with van der Waals surface area (Å²) < 4.78 is 15.6. The van der Waals surface area contributed by atoms with Gasteiger partial charge in [0.25, 0.3) is 0 Å². The summed E-state index contributed by atoms with van der Waals surface area (Å²) in [6, 6.07) is 0. The number of aromatic nitrogens is 2. The van der Waals surface area contributed by atoms with Crippen LogP contribution in [0.15, 0.2) is 9.05 Å². The van der Waals surface area contributed by atoms with Gasteiger partial charge in [0.1, 0.15) is 11.5 Å². The molecule has 27 heavy (non-hydrogen) atoms. The molecule has 4 rings (SSSR count). The molecule has 2 aromatic rings. The molecule has 0 amide bonds. The Balaban J connectivity index is 0.000000178. The van der Waals surface area contributed by atoms with E-state index < -0.39 is 0 Å². The van der Waals surface area contributed by atoms with Crippen LogP contribution in [-0.2, 0) is 15.6 Å². The predicted molar refractivity (Wildman–Crippen MR) is 107 cm³/mol. The Hall–Kier alpha value is -1.62. The zero-order valence-corrected chi connectivity index (χ0v) is 18.4. The Labute approximate surface area is 163 Å². The van der Waals surface area contributed by atoms with Gasteiger partial charge in [0.2, 0.25) is 0 Å². The van der Waals surface area contributed by atoms with Crippen molar-refractivity contribution < 1.29 is 13.8 Å². The third-order valence-corrected chi connectivity index (χ3v) is 6.09. The Morgan fingerprint density at radius 3 is 1.37 bits per heavy atom. The Morgan fingerprint density at radius 1 is 0.741 bits per heavy atom. The van der Waals surface area contributed by atoms with Gasteiger partial charge in [0.05, 0.1) is 24.6 Å². The first kappa shape index (κ1) is 21.7. The van der Waals surface area contributed by atoms with Crippen molar-refractivity contribution in [1.29, 1.82) is 0 Å². The first-order chi connectivity index (χ1) is 12.9. The van der Waals surface area contributed by atoms with E-state index in [4.69, 9.17) is 13.8 Å². The van der Waals surface area contributed by atoms with E-state index in [-0.39, 0.29) is 5.41 Å². The fourth-order valence-corrected chi connectivity index (χ4v) is 4.29. The van der Waals surface area contributed by atoms with Crippen LogP contribution < -0.4 is 0 Å². The van der Waals surface area contributed by atoms with Crippen LogP contribution in [0.4, 0.5) is 0 Å². The minimum atomic E-state index is 0.189. The molecule has 1 aliphatic carbocycles. The topological polar surface area (TPSA) is 61.3 Å². The van der Waals surface area contributed by atoms with Gasteiger partial charge in [-0.1, -0.05) is 38.0 Å². The van der Waals surface area contributed by atoms with Crippen molar-refractivity contribution in [3.8, 4) is 0 Å². The molecule has 0 spiro atoms. The van der Waals surface area contributed by atoms with E-state index in [2.05, 4.69) is 24.2 Å². The largest absolute Gasteiger partial charge is 0.379 e. The molecule has 0 radical (unpaired) electrons. The van der Waals surface area contributed by atoms with E-state index in [1.807, 2.05) is 41.5 Å². The second-order valence-electron chi connectivity index (χ2n) is 7.66. The highest BCUT2D eigenvalue weighted by Gasteiger charge is 2.46. The third-order valence-electron chi connectivity index (χ3n) is 6.09. The number of aryl methyl sites for hydroxylation is 4. The number of nitrogens with zero attached hydrogens (tertiary/aromatic N) is 2. The average Bonchev–Trinajstić information content (AvgIpc) is 3.26. The predicted octanol–water partition coefficient (Wildman–Crippen LogP) is 5.73. The quantitative estimate of drug-likeness (QED) is 0.682. The molecule has 0 bridgehead atoms. The van der Waals surface area contributed by atoms with Gasteiger partial charge in [-0.3, -0.25) is 0 Å². The summed E-state index contributed by atoms with van der Waals surface area (Å²) in [5.74, 6) is 1.97. The van der Waals surface area contributed by atoms with Crippen molar-refractivity contribution in [2.45, 2.75) is 91.9 Å². The molecule has 2 aromatic heterocycles. The number of hydrogen-bond donors (Lipinski definition) is 0. The van der Waals surface area contributed by atoms with Gasteiger partial charge in [0.15, 0.2) is 0 Å². The highest BCUT2D eigenvalue weighted by Crippen LogP contribution is 2.52. The molecule has 1 saturated carbocycles. The average molecular weight is 377 g/mol. The smallest absolute Gasteiger partial charge is 0.137 e. The molecule has 0 atom stereocenters. The normalized spacial score (nSPS) is 18.5. The molecule has 3 heterocycles. The second-order valence-corrected chi connectivity index (χ2v) is 7.66. The Kier molecular flexibility index (Phi) is 6.90. The van der Waals surface area contributed by atoms with E-state index in [1.165, 1.54) is 30.4 Å². The lowest BCUT2D eigenvalue weighted by Crippen LogP contribution is -2.46. The number of hydrogen-bond acceptors (Lipinski definition) is 5. The van der Waals surface area contributed by atoms with Crippen LogP contribution in [0.1, 0.15) is 87.4 Å². The van der Waals surface area contributed by atoms with Gasteiger partial charge < -0.3 is 13.8 Å². The van der Waals surface area contributed by atoms with Crippen molar-refractivity contribution >= 4 is 0 Å². The zero-order chi connectivity index (χ0) is 20.2. The van der Waals surface area contributed by atoms with Crippen molar-refractivity contribution in [3.05, 3.63) is 34.0 Å². The fraction of sp³-hybridized carbons (Fsp3) is 0.727. The second kappa shape index (κ2) is 8.59. The van der Waals surface area contributed by atoms with Crippen molar-refractivity contribution in [2.24, 2.45) is 0 Å². The molecule has 2 aliphatic rings. The summed E-state index contributed by atoms with van der Waals surface area (Å²) >= 11 is 0. The van der Waals surface area contributed by atoms with Crippen molar-refractivity contribution in [1.82, 2.24) is 10.3 Å². The molecular formula is C22H36N2O3. The van der Waals surface area contributed by atoms with Gasteiger partial charge in [-0.15, -0.1) is 0 Å². The SMILES string of the molecule is CC.CCC1(c2c(C)noc2C)CC1.CCC1(c2c(C)noc2C)COC1. The van der Waals surface area contributed by atoms with Crippen molar-refractivity contribution in [2.75, 3.05) is 13.2 Å². The zero-order valence-electron chi connectivity index (χ0n) is 18.4. The Bertz CT molecular complexity index is 692. The Morgan fingerprint density at radius 2 is 1.15 bits per heavy atom. The van der Waals surface area contributed by atoms with Crippen LogP contribution in [0.5, 0.6) is 0 Å². The standard InChI is InChI=1S/C10H15NO2.C10H15NO.C2H6/c1-4-10(5-12-6-10)9-7(2)11-13-8(9)3;1-4-10(5-6-10)9-7(2)11-12-8(9)3;1-2/h4-6H2,1-3H3;4-6H2,1-3H3;1-2H3. The van der Waals surface area contributed by atoms with Gasteiger partial charge in [0, 0.05) is 22.0 Å². The summed E-state index contributed by atoms with van der Waals surface area (Å²) in [5, 5.41) is 7.98. The van der Waals surface area contributed by atoms with Gasteiger partial charge >= 0.3 is 0 Å². The summed E-state index contributed by atoms with van der Waals surface area (Å²) in [6.07, 6.45) is 4.94. The lowest BCUT2D eigenvalue weighted by atomic mass is 9.75. The summed E-state index contributed by atoms with van der Waals surface area (Å²) in [4.78, 5) is 0. The summed E-state index contributed by atoms with van der Waals surface area (Å²) in [5.41, 5.74) is 5.38. The van der Waals surface area contributed by atoms with Crippen LogP contribution in [-0.4, -0.2) is 23.5 Å². The van der Waals surface area contributed by atoms with Crippen molar-refractivity contribution in [3.63, 3.8) is 0 Å². The maximum Gasteiger partial charge on any atom is 0.137 e. The minimum Gasteiger partial charge on any atom is -0.379 e. The van der Waals surface area contributed by atoms with Crippen LogP contribution in [0.2, 0.25) is 0 Å². The maximum atomic E-state index is 5.29. The van der Waals surface area contributed by atoms with E-state index in [0.29, 0.717) is 5.41 Å². The van der Waals surface area contributed by atoms with Gasteiger partial charge in [-0.05, 0) is 53.4 Å². The molecule has 5 nitrogen and oxygen atoms in total. The summed E-state index contributed by atoms with van der Waals surface area (Å²) in [7, 11) is 0. The highest BCUT2D eigenvalue weighted by atomic mass is 16.5. The molecule has 0 aromatic carbocycles. The molecular weight excluding hydrogens is 340 g/mol. The molecule has 0 unspecified atom stereocenters. The van der Waals surface area contributed by atoms with E-state index in [1.54, 1.807) is 0 Å². The third kappa shape index (κ3) is 3.98. The molecule has 2 fully saturated rings. The molecule has 1 saturated heterocycles. The van der Waals surface area contributed by atoms with E-state index >= 15 is 0 Å². The van der Waals surface area contributed by atoms with Crippen LogP contribution in [0, 0.1) is 27.7 Å². The van der Waals surface area contributed by atoms with Crippen LogP contribution in [0.25, 0.3) is 0 Å². The molecule has 0 N–H and O–H groups in total. The first-order valence-corrected chi connectivity index (χ1v) is 10.3. The van der Waals surface area contributed by atoms with E-state index in [0.717, 1.165) is 42.5 Å². The van der Waals surface area contributed by atoms with Gasteiger partial charge in [-0.25, -0.2) is 0 Å². The monoisotopic (exact) mass is 376 g/mol. The fourth-order valence-electron chi connectivity index (χ4n) is 4.29. The summed E-state index contributed by atoms with van der Waals surface area (Å²) in [6.45, 7) is 18.1. The van der Waals surface area contributed by atoms with E-state index in [9.17, 15) is 0 Å². The first-order valence-electron chi connectivity index (χ1n) is 10.3. The maximum absolute atomic E-state index is 5.29. The molecule has 1 aliphatic heterocycles.